The van der Waals surface area contributed by atoms with Crippen LogP contribution < -0.4 is 5.32 Å². The van der Waals surface area contributed by atoms with E-state index in [4.69, 9.17) is 5.11 Å². The summed E-state index contributed by atoms with van der Waals surface area (Å²) in [4.78, 5) is 27.4. The van der Waals surface area contributed by atoms with E-state index >= 15 is 0 Å². The maximum atomic E-state index is 13.8. The molecule has 4 heteroatoms. The molecule has 1 unspecified atom stereocenters. The number of carbonyl (C=O) groups excluding carboxylic acids is 2. The van der Waals surface area contributed by atoms with Gasteiger partial charge in [0.05, 0.1) is 11.0 Å². The number of aliphatic hydroxyl groups excluding tert-OH is 1. The van der Waals surface area contributed by atoms with Crippen molar-refractivity contribution in [1.29, 1.82) is 0 Å². The van der Waals surface area contributed by atoms with Gasteiger partial charge in [-0.3, -0.25) is 9.59 Å². The first-order valence-corrected chi connectivity index (χ1v) is 12.7. The number of nitrogens with one attached hydrogen (secondary N) is 1. The summed E-state index contributed by atoms with van der Waals surface area (Å²) in [7, 11) is 1.91. The van der Waals surface area contributed by atoms with Crippen LogP contribution in [0.3, 0.4) is 0 Å². The minimum absolute atomic E-state index is 0.0263. The largest absolute Gasteiger partial charge is 0.462 e. The van der Waals surface area contributed by atoms with Gasteiger partial charge in [0.25, 0.3) is 0 Å². The normalized spacial score (nSPS) is 17.4. The first-order valence-electron chi connectivity index (χ1n) is 12.7. The predicted octanol–water partition coefficient (Wildman–Crippen LogP) is 6.96. The molecule has 0 aliphatic heterocycles. The van der Waals surface area contributed by atoms with Crippen LogP contribution in [0.5, 0.6) is 0 Å². The maximum absolute atomic E-state index is 13.8. The maximum Gasteiger partial charge on any atom is 0.212 e. The van der Waals surface area contributed by atoms with Crippen LogP contribution in [0.1, 0.15) is 88.0 Å². The van der Waals surface area contributed by atoms with Gasteiger partial charge in [0.2, 0.25) is 5.78 Å². The number of carbonyl (C=O) groups is 2. The number of likely N-dealkylation sites (N-methyl/N-ethyl adjacent to an activating group) is 1. The van der Waals surface area contributed by atoms with Crippen molar-refractivity contribution in [3.8, 4) is 12.0 Å². The van der Waals surface area contributed by atoms with Gasteiger partial charge in [-0.2, -0.15) is 0 Å². The van der Waals surface area contributed by atoms with Crippen molar-refractivity contribution >= 4 is 11.6 Å². The molecule has 0 amide bonds. The van der Waals surface area contributed by atoms with Crippen molar-refractivity contribution in [2.45, 2.75) is 93.5 Å². The molecule has 0 bridgehead atoms. The van der Waals surface area contributed by atoms with E-state index in [0.29, 0.717) is 19.3 Å². The zero-order valence-electron chi connectivity index (χ0n) is 23.8. The van der Waals surface area contributed by atoms with Crippen molar-refractivity contribution in [1.82, 2.24) is 5.32 Å². The summed E-state index contributed by atoms with van der Waals surface area (Å²) >= 11 is 0. The van der Waals surface area contributed by atoms with E-state index < -0.39 is 10.8 Å². The minimum Gasteiger partial charge on any atom is -0.462 e. The highest BCUT2D eigenvalue weighted by atomic mass is 16.2. The van der Waals surface area contributed by atoms with Crippen molar-refractivity contribution < 1.29 is 14.7 Å². The van der Waals surface area contributed by atoms with Crippen LogP contribution in [0.25, 0.3) is 0 Å². The molecule has 196 valence electrons. The Hall–Kier alpha value is -2.38. The monoisotopic (exact) mass is 483 g/mol. The first-order chi connectivity index (χ1) is 16.2. The molecule has 4 nitrogen and oxygen atoms in total. The third kappa shape index (κ3) is 10.4. The Balaban J connectivity index is 6.14. The summed E-state index contributed by atoms with van der Waals surface area (Å²) in [6, 6.07) is 0. The lowest BCUT2D eigenvalue weighted by Gasteiger charge is -2.38. The smallest absolute Gasteiger partial charge is 0.212 e. The van der Waals surface area contributed by atoms with Crippen molar-refractivity contribution in [3.63, 3.8) is 0 Å². The van der Waals surface area contributed by atoms with E-state index in [1.54, 1.807) is 0 Å². The van der Waals surface area contributed by atoms with Crippen LogP contribution in [0, 0.1) is 34.2 Å². The van der Waals surface area contributed by atoms with E-state index in [2.05, 4.69) is 37.2 Å². The highest BCUT2D eigenvalue weighted by molar-refractivity contribution is 6.40. The van der Waals surface area contributed by atoms with E-state index in [1.165, 1.54) is 0 Å². The lowest BCUT2D eigenvalue weighted by Crippen LogP contribution is -2.44. The molecular formula is C31H49NO3. The molecule has 0 aromatic rings. The lowest BCUT2D eigenvalue weighted by atomic mass is 9.65. The molecule has 0 aromatic heterocycles. The van der Waals surface area contributed by atoms with Gasteiger partial charge in [-0.25, -0.2) is 0 Å². The Morgan fingerprint density at radius 3 is 1.74 bits per heavy atom. The van der Waals surface area contributed by atoms with Gasteiger partial charge in [0.15, 0.2) is 5.78 Å². The quantitative estimate of drug-likeness (QED) is 0.150. The standard InChI is InChI=1S/C31H49NO3/c1-11-16-30(17-12-2,23-28(6,7)21-25(5)15-20-33)27(35)26(34)22-29(8,9)24-31(32-10,18-13-3)19-14-4/h11-14,16-19,25,32-33H,21-24H2,1-10H3. The van der Waals surface area contributed by atoms with Crippen molar-refractivity contribution in [2.75, 3.05) is 7.05 Å². The number of hydrogen-bond acceptors (Lipinski definition) is 4. The second-order valence-electron chi connectivity index (χ2n) is 11.3. The molecule has 0 aliphatic rings. The second-order valence-corrected chi connectivity index (χ2v) is 11.3. The highest BCUT2D eigenvalue weighted by Crippen LogP contribution is 2.43. The van der Waals surface area contributed by atoms with Crippen LogP contribution in [0.15, 0.2) is 48.6 Å². The Bertz CT molecular complexity index is 851. The lowest BCUT2D eigenvalue weighted by molar-refractivity contribution is -0.142. The molecule has 0 saturated carbocycles. The fourth-order valence-electron chi connectivity index (χ4n) is 5.51. The number of hydrogen-bond donors (Lipinski definition) is 2. The Kier molecular flexibility index (Phi) is 13.3. The van der Waals surface area contributed by atoms with Gasteiger partial charge in [-0.15, -0.1) is 0 Å². The van der Waals surface area contributed by atoms with Crippen LogP contribution in [0.4, 0.5) is 0 Å². The van der Waals surface area contributed by atoms with E-state index in [0.717, 1.165) is 0 Å². The minimum atomic E-state index is -1.01. The summed E-state index contributed by atoms with van der Waals surface area (Å²) in [6.07, 6.45) is 19.7. The summed E-state index contributed by atoms with van der Waals surface area (Å²) in [5, 5.41) is 12.4. The van der Waals surface area contributed by atoms with Crippen LogP contribution >= 0.6 is 0 Å². The first kappa shape index (κ1) is 32.6. The number of Topliss-reactive ketones (excluding diaryl/α,β-unsaturated/α-hetero) is 2. The zero-order chi connectivity index (χ0) is 27.3. The molecule has 0 spiro atoms. The Morgan fingerprint density at radius 1 is 0.857 bits per heavy atom. The van der Waals surface area contributed by atoms with E-state index in [-0.39, 0.29) is 34.9 Å². The molecule has 35 heavy (non-hydrogen) atoms. The summed E-state index contributed by atoms with van der Waals surface area (Å²) in [5.74, 6) is 2.03. The Morgan fingerprint density at radius 2 is 1.34 bits per heavy atom. The summed E-state index contributed by atoms with van der Waals surface area (Å²) in [5.41, 5.74) is -2.09. The second kappa shape index (κ2) is 14.2. The molecular weight excluding hydrogens is 434 g/mol. The van der Waals surface area contributed by atoms with Gasteiger partial charge in [0, 0.05) is 12.3 Å². The van der Waals surface area contributed by atoms with Gasteiger partial charge >= 0.3 is 0 Å². The molecule has 2 N–H and O–H groups in total. The summed E-state index contributed by atoms with van der Waals surface area (Å²) < 4.78 is 0. The third-order valence-electron chi connectivity index (χ3n) is 6.35. The summed E-state index contributed by atoms with van der Waals surface area (Å²) in [6.45, 7) is 17.9. The van der Waals surface area contributed by atoms with Gasteiger partial charge in [-0.1, -0.05) is 89.1 Å². The average Bonchev–Trinajstić information content (AvgIpc) is 2.72. The molecule has 0 aliphatic carbocycles. The molecule has 0 saturated heterocycles. The molecule has 0 radical (unpaired) electrons. The molecule has 0 aromatic carbocycles. The fourth-order valence-corrected chi connectivity index (χ4v) is 5.51. The number of ketones is 2. The molecule has 0 fully saturated rings. The topological polar surface area (TPSA) is 66.4 Å². The van der Waals surface area contributed by atoms with Crippen LogP contribution in [-0.2, 0) is 9.59 Å². The number of allylic oxidation sites excluding steroid dienone is 6. The van der Waals surface area contributed by atoms with Gasteiger partial charge < -0.3 is 10.4 Å². The molecule has 1 atom stereocenters. The van der Waals surface area contributed by atoms with E-state index in [9.17, 15) is 9.59 Å². The number of rotatable bonds is 15. The highest BCUT2D eigenvalue weighted by Gasteiger charge is 2.43. The Labute approximate surface area is 215 Å². The zero-order valence-corrected chi connectivity index (χ0v) is 23.8. The van der Waals surface area contributed by atoms with Gasteiger partial charge in [0.1, 0.15) is 6.11 Å². The average molecular weight is 484 g/mol. The number of aliphatic hydroxyl groups is 1. The van der Waals surface area contributed by atoms with Crippen LogP contribution in [-0.4, -0.2) is 29.3 Å². The SMILES string of the molecule is CC=CC(C=CC)(CC(C)(C)CC(=O)C(=O)C(C=CC)(C=CC)CC(C)(C)CC(C)C#CO)NC. The van der Waals surface area contributed by atoms with Crippen LogP contribution in [0.2, 0.25) is 0 Å². The van der Waals surface area contributed by atoms with E-state index in [1.807, 2.05) is 98.1 Å². The molecule has 0 heterocycles. The third-order valence-corrected chi connectivity index (χ3v) is 6.35. The van der Waals surface area contributed by atoms with Crippen molar-refractivity contribution in [2.24, 2.45) is 22.2 Å². The van der Waals surface area contributed by atoms with Gasteiger partial charge in [-0.05, 0) is 64.8 Å². The fraction of sp³-hybridized carbons (Fsp3) is 0.613. The molecule has 0 rings (SSSR count). The predicted molar refractivity (Wildman–Crippen MR) is 148 cm³/mol. The van der Waals surface area contributed by atoms with Crippen molar-refractivity contribution in [3.05, 3.63) is 48.6 Å².